The molecular weight excluding hydrogens is 220 g/mol. The van der Waals surface area contributed by atoms with Crippen molar-refractivity contribution in [3.63, 3.8) is 0 Å². The molecule has 17 heavy (non-hydrogen) atoms. The highest BCUT2D eigenvalue weighted by Gasteiger charge is 2.23. The average Bonchev–Trinajstić information content (AvgIpc) is 2.64. The molecule has 0 aliphatic heterocycles. The van der Waals surface area contributed by atoms with Gasteiger partial charge in [-0.25, -0.2) is 0 Å². The minimum atomic E-state index is -0.381. The minimum Gasteiger partial charge on any atom is -0.381 e. The molecule has 1 rings (SSSR count). The van der Waals surface area contributed by atoms with Crippen LogP contribution in [0, 0.1) is 5.41 Å². The molecule has 0 aliphatic rings. The normalized spacial score (nSPS) is 13.7. The van der Waals surface area contributed by atoms with E-state index in [1.54, 1.807) is 7.11 Å². The zero-order chi connectivity index (χ0) is 13.1. The van der Waals surface area contributed by atoms with Gasteiger partial charge in [0.15, 0.2) is 5.82 Å². The molecule has 1 unspecified atom stereocenters. The second-order valence-electron chi connectivity index (χ2n) is 5.20. The molecule has 0 saturated carbocycles. The summed E-state index contributed by atoms with van der Waals surface area (Å²) in [5.74, 6) is 1.05. The van der Waals surface area contributed by atoms with Crippen LogP contribution in [0.4, 0.5) is 0 Å². The summed E-state index contributed by atoms with van der Waals surface area (Å²) in [5.41, 5.74) is -0.381. The zero-order valence-corrected chi connectivity index (χ0v) is 11.1. The Kier molecular flexibility index (Phi) is 4.40. The number of carbonyl (C=O) groups excluding carboxylic acids is 1. The number of rotatable bonds is 5. The van der Waals surface area contributed by atoms with Crippen LogP contribution < -0.4 is 0 Å². The lowest BCUT2D eigenvalue weighted by Crippen LogP contribution is -2.22. The van der Waals surface area contributed by atoms with E-state index in [1.807, 2.05) is 27.7 Å². The standard InChI is InChI=1S/C12H20N2O3/c1-8(16-5)6-10-13-11(17-14-10)7-9(15)12(2,3)4/h8H,6-7H2,1-5H3. The van der Waals surface area contributed by atoms with E-state index in [9.17, 15) is 4.79 Å². The van der Waals surface area contributed by atoms with Gasteiger partial charge in [-0.05, 0) is 6.92 Å². The van der Waals surface area contributed by atoms with Crippen molar-refractivity contribution in [2.24, 2.45) is 5.41 Å². The van der Waals surface area contributed by atoms with Crippen molar-refractivity contribution >= 4 is 5.78 Å². The van der Waals surface area contributed by atoms with E-state index in [2.05, 4.69) is 10.1 Å². The summed E-state index contributed by atoms with van der Waals surface area (Å²) in [5, 5.41) is 3.82. The van der Waals surface area contributed by atoms with E-state index >= 15 is 0 Å². The number of aromatic nitrogens is 2. The molecule has 1 aromatic rings. The second-order valence-corrected chi connectivity index (χ2v) is 5.20. The first-order chi connectivity index (χ1) is 7.82. The lowest BCUT2D eigenvalue weighted by molar-refractivity contribution is -0.125. The van der Waals surface area contributed by atoms with E-state index in [0.29, 0.717) is 18.1 Å². The third kappa shape index (κ3) is 4.26. The Morgan fingerprint density at radius 2 is 2.12 bits per heavy atom. The molecular formula is C12H20N2O3. The largest absolute Gasteiger partial charge is 0.381 e. The highest BCUT2D eigenvalue weighted by atomic mass is 16.5. The molecule has 1 heterocycles. The minimum absolute atomic E-state index is 0.0405. The lowest BCUT2D eigenvalue weighted by atomic mass is 9.89. The summed E-state index contributed by atoms with van der Waals surface area (Å²) in [7, 11) is 1.63. The van der Waals surface area contributed by atoms with E-state index < -0.39 is 0 Å². The molecule has 0 radical (unpaired) electrons. The topological polar surface area (TPSA) is 65.2 Å². The van der Waals surface area contributed by atoms with Gasteiger partial charge in [0, 0.05) is 18.9 Å². The van der Waals surface area contributed by atoms with E-state index in [0.717, 1.165) is 0 Å². The summed E-state index contributed by atoms with van der Waals surface area (Å²) in [6, 6.07) is 0. The number of Topliss-reactive ketones (excluding diaryl/α,β-unsaturated/α-hetero) is 1. The Balaban J connectivity index is 2.60. The molecule has 1 atom stereocenters. The van der Waals surface area contributed by atoms with Crippen LogP contribution in [0.2, 0.25) is 0 Å². The van der Waals surface area contributed by atoms with E-state index in [1.165, 1.54) is 0 Å². The Hall–Kier alpha value is -1.23. The highest BCUT2D eigenvalue weighted by Crippen LogP contribution is 2.17. The third-order valence-corrected chi connectivity index (χ3v) is 2.53. The van der Waals surface area contributed by atoms with E-state index in [-0.39, 0.29) is 23.7 Å². The van der Waals surface area contributed by atoms with Crippen molar-refractivity contribution in [3.8, 4) is 0 Å². The highest BCUT2D eigenvalue weighted by molar-refractivity contribution is 5.84. The van der Waals surface area contributed by atoms with Crippen molar-refractivity contribution in [3.05, 3.63) is 11.7 Å². The number of nitrogens with zero attached hydrogens (tertiary/aromatic N) is 2. The van der Waals surface area contributed by atoms with Crippen molar-refractivity contribution in [1.82, 2.24) is 10.1 Å². The number of carbonyl (C=O) groups is 1. The van der Waals surface area contributed by atoms with Crippen LogP contribution >= 0.6 is 0 Å². The van der Waals surface area contributed by atoms with Crippen molar-refractivity contribution in [1.29, 1.82) is 0 Å². The lowest BCUT2D eigenvalue weighted by Gasteiger charge is -2.14. The van der Waals surface area contributed by atoms with Gasteiger partial charge < -0.3 is 9.26 Å². The summed E-state index contributed by atoms with van der Waals surface area (Å²) in [6.45, 7) is 7.55. The van der Waals surface area contributed by atoms with Gasteiger partial charge in [-0.2, -0.15) is 4.98 Å². The van der Waals surface area contributed by atoms with Crippen LogP contribution in [0.15, 0.2) is 4.52 Å². The van der Waals surface area contributed by atoms with Gasteiger partial charge in [-0.3, -0.25) is 4.79 Å². The smallest absolute Gasteiger partial charge is 0.234 e. The quantitative estimate of drug-likeness (QED) is 0.785. The van der Waals surface area contributed by atoms with Gasteiger partial charge in [0.05, 0.1) is 12.5 Å². The molecule has 0 aromatic carbocycles. The first-order valence-corrected chi connectivity index (χ1v) is 5.70. The fraction of sp³-hybridized carbons (Fsp3) is 0.750. The van der Waals surface area contributed by atoms with Crippen LogP contribution in [0.1, 0.15) is 39.4 Å². The zero-order valence-electron chi connectivity index (χ0n) is 11.1. The maximum Gasteiger partial charge on any atom is 0.234 e. The molecule has 0 amide bonds. The number of ether oxygens (including phenoxy) is 1. The van der Waals surface area contributed by atoms with Crippen molar-refractivity contribution in [2.45, 2.75) is 46.6 Å². The van der Waals surface area contributed by atoms with Crippen molar-refractivity contribution < 1.29 is 14.1 Å². The van der Waals surface area contributed by atoms with Crippen molar-refractivity contribution in [2.75, 3.05) is 7.11 Å². The van der Waals surface area contributed by atoms with Gasteiger partial charge in [0.2, 0.25) is 5.89 Å². The predicted octanol–water partition coefficient (Wildman–Crippen LogP) is 1.80. The molecule has 5 nitrogen and oxygen atoms in total. The first kappa shape index (κ1) is 13.8. The Bertz CT molecular complexity index is 379. The molecule has 0 aliphatic carbocycles. The van der Waals surface area contributed by atoms with Crippen LogP contribution in [0.25, 0.3) is 0 Å². The summed E-state index contributed by atoms with van der Waals surface area (Å²) < 4.78 is 10.1. The monoisotopic (exact) mass is 240 g/mol. The van der Waals surface area contributed by atoms with Gasteiger partial charge >= 0.3 is 0 Å². The van der Waals surface area contributed by atoms with E-state index in [4.69, 9.17) is 9.26 Å². The fourth-order valence-corrected chi connectivity index (χ4v) is 1.19. The SMILES string of the molecule is COC(C)Cc1noc(CC(=O)C(C)(C)C)n1. The molecule has 1 aromatic heterocycles. The number of hydrogen-bond acceptors (Lipinski definition) is 5. The molecule has 5 heteroatoms. The predicted molar refractivity (Wildman–Crippen MR) is 62.6 cm³/mol. The molecule has 96 valence electrons. The molecule has 0 N–H and O–H groups in total. The van der Waals surface area contributed by atoms with Gasteiger partial charge in [-0.15, -0.1) is 0 Å². The summed E-state index contributed by atoms with van der Waals surface area (Å²) in [4.78, 5) is 15.9. The maximum atomic E-state index is 11.8. The van der Waals surface area contributed by atoms with Gasteiger partial charge in [-0.1, -0.05) is 25.9 Å². The third-order valence-electron chi connectivity index (χ3n) is 2.53. The van der Waals surface area contributed by atoms with Crippen LogP contribution in [-0.4, -0.2) is 29.1 Å². The number of ketones is 1. The fourth-order valence-electron chi connectivity index (χ4n) is 1.19. The molecule has 0 spiro atoms. The summed E-state index contributed by atoms with van der Waals surface area (Å²) >= 11 is 0. The number of hydrogen-bond donors (Lipinski definition) is 0. The van der Waals surface area contributed by atoms with Gasteiger partial charge in [0.1, 0.15) is 5.78 Å². The second kappa shape index (κ2) is 5.40. The Morgan fingerprint density at radius 1 is 1.47 bits per heavy atom. The maximum absolute atomic E-state index is 11.8. The van der Waals surface area contributed by atoms with Gasteiger partial charge in [0.25, 0.3) is 0 Å². The summed E-state index contributed by atoms with van der Waals surface area (Å²) in [6.07, 6.45) is 0.820. The molecule has 0 saturated heterocycles. The number of methoxy groups -OCH3 is 1. The Labute approximate surface area is 102 Å². The van der Waals surface area contributed by atoms with Crippen LogP contribution in [-0.2, 0) is 22.4 Å². The average molecular weight is 240 g/mol. The molecule has 0 bridgehead atoms. The molecule has 0 fully saturated rings. The van der Waals surface area contributed by atoms with Crippen LogP contribution in [0.5, 0.6) is 0 Å². The van der Waals surface area contributed by atoms with Crippen LogP contribution in [0.3, 0.4) is 0 Å². The Morgan fingerprint density at radius 3 is 2.65 bits per heavy atom. The first-order valence-electron chi connectivity index (χ1n) is 5.70.